The number of carbonyl (C=O) groups is 1. The van der Waals surface area contributed by atoms with E-state index in [1.165, 1.54) is 5.56 Å². The first kappa shape index (κ1) is 20.9. The van der Waals surface area contributed by atoms with E-state index in [4.69, 9.17) is 9.47 Å². The average molecular weight is 432 g/mol. The van der Waals surface area contributed by atoms with Gasteiger partial charge in [0.05, 0.1) is 18.7 Å². The number of pyridine rings is 1. The highest BCUT2D eigenvalue weighted by Crippen LogP contribution is 2.33. The summed E-state index contributed by atoms with van der Waals surface area (Å²) in [5, 5.41) is 3.89. The molecule has 2 aliphatic heterocycles. The molecule has 166 valence electrons. The van der Waals surface area contributed by atoms with E-state index in [9.17, 15) is 4.79 Å². The van der Waals surface area contributed by atoms with Gasteiger partial charge in [0.2, 0.25) is 5.91 Å². The number of rotatable bonds is 6. The number of hydrogen-bond donors (Lipinski definition) is 1. The van der Waals surface area contributed by atoms with Gasteiger partial charge in [-0.3, -0.25) is 14.7 Å². The number of hydrogen-bond acceptors (Lipinski definition) is 5. The molecule has 2 aromatic carbocycles. The van der Waals surface area contributed by atoms with Crippen LogP contribution < -0.4 is 10.1 Å². The number of ether oxygens (including phenoxy) is 2. The van der Waals surface area contributed by atoms with Crippen molar-refractivity contribution >= 4 is 16.8 Å². The van der Waals surface area contributed by atoms with Gasteiger partial charge in [0, 0.05) is 50.1 Å². The Morgan fingerprint density at radius 2 is 1.97 bits per heavy atom. The van der Waals surface area contributed by atoms with E-state index in [-0.39, 0.29) is 17.9 Å². The number of fused-ring (bicyclic) bond motifs is 1. The Kier molecular flexibility index (Phi) is 6.06. The number of morpholine rings is 1. The summed E-state index contributed by atoms with van der Waals surface area (Å²) in [5.74, 6) is 1.09. The zero-order valence-corrected chi connectivity index (χ0v) is 18.4. The zero-order chi connectivity index (χ0) is 21.9. The fourth-order valence-electron chi connectivity index (χ4n) is 4.49. The molecular formula is C26H29N3O3. The molecule has 32 heavy (non-hydrogen) atoms. The van der Waals surface area contributed by atoms with Gasteiger partial charge in [-0.1, -0.05) is 24.3 Å². The largest absolute Gasteiger partial charge is 0.490 e. The Morgan fingerprint density at radius 1 is 1.16 bits per heavy atom. The van der Waals surface area contributed by atoms with Crippen LogP contribution in [-0.2, 0) is 16.1 Å². The van der Waals surface area contributed by atoms with Gasteiger partial charge in [-0.2, -0.15) is 0 Å². The number of aromatic nitrogens is 1. The minimum atomic E-state index is -0.0662. The Hall–Kier alpha value is -2.96. The molecule has 0 spiro atoms. The molecule has 0 radical (unpaired) electrons. The van der Waals surface area contributed by atoms with Crippen LogP contribution >= 0.6 is 0 Å². The number of nitrogens with zero attached hydrogens (tertiary/aromatic N) is 2. The van der Waals surface area contributed by atoms with Gasteiger partial charge in [-0.25, -0.2) is 0 Å². The van der Waals surface area contributed by atoms with E-state index < -0.39 is 0 Å². The quantitative estimate of drug-likeness (QED) is 0.646. The Bertz CT molecular complexity index is 1090. The maximum absolute atomic E-state index is 11.6. The normalized spacial score (nSPS) is 20.3. The fraction of sp³-hybridized carbons (Fsp3) is 0.385. The second-order valence-corrected chi connectivity index (χ2v) is 8.72. The van der Waals surface area contributed by atoms with Crippen molar-refractivity contribution in [2.45, 2.75) is 26.0 Å². The highest BCUT2D eigenvalue weighted by atomic mass is 16.5. The van der Waals surface area contributed by atoms with Gasteiger partial charge in [-0.05, 0) is 47.9 Å². The highest BCUT2D eigenvalue weighted by Gasteiger charge is 2.28. The topological polar surface area (TPSA) is 63.7 Å². The van der Waals surface area contributed by atoms with Crippen LogP contribution in [0.4, 0.5) is 0 Å². The first-order chi connectivity index (χ1) is 15.7. The summed E-state index contributed by atoms with van der Waals surface area (Å²) in [6, 6.07) is 16.9. The second kappa shape index (κ2) is 9.27. The van der Waals surface area contributed by atoms with Gasteiger partial charge in [0.15, 0.2) is 0 Å². The van der Waals surface area contributed by atoms with Crippen molar-refractivity contribution in [2.24, 2.45) is 5.92 Å². The van der Waals surface area contributed by atoms with Crippen LogP contribution in [0.25, 0.3) is 22.0 Å². The molecule has 0 unspecified atom stereocenters. The number of amides is 1. The maximum Gasteiger partial charge on any atom is 0.220 e. The molecule has 3 aromatic rings. The Balaban J connectivity index is 1.39. The molecule has 2 aliphatic rings. The first-order valence-corrected chi connectivity index (χ1v) is 11.4. The Morgan fingerprint density at radius 3 is 2.72 bits per heavy atom. The molecule has 0 saturated carbocycles. The fourth-order valence-corrected chi connectivity index (χ4v) is 4.49. The molecule has 6 nitrogen and oxygen atoms in total. The maximum atomic E-state index is 11.6. The SMILES string of the molecule is C[C@@H](Oc1cc(-c2ccc(CN3CCOCC3)cc2)cc2ncccc12)[C@H]1CNC(=O)C1. The molecule has 0 bridgehead atoms. The van der Waals surface area contributed by atoms with Gasteiger partial charge >= 0.3 is 0 Å². The lowest BCUT2D eigenvalue weighted by Gasteiger charge is -2.26. The molecule has 1 N–H and O–H groups in total. The minimum Gasteiger partial charge on any atom is -0.490 e. The summed E-state index contributed by atoms with van der Waals surface area (Å²) in [4.78, 5) is 18.6. The zero-order valence-electron chi connectivity index (χ0n) is 18.4. The Labute approximate surface area is 188 Å². The van der Waals surface area contributed by atoms with Crippen LogP contribution in [-0.4, -0.2) is 54.7 Å². The molecular weight excluding hydrogens is 402 g/mol. The summed E-state index contributed by atoms with van der Waals surface area (Å²) < 4.78 is 11.8. The first-order valence-electron chi connectivity index (χ1n) is 11.4. The van der Waals surface area contributed by atoms with Crippen molar-refractivity contribution in [1.29, 1.82) is 0 Å². The molecule has 2 fully saturated rings. The number of nitrogens with one attached hydrogen (secondary N) is 1. The van der Waals surface area contributed by atoms with Crippen molar-refractivity contribution in [1.82, 2.24) is 15.2 Å². The van der Waals surface area contributed by atoms with Crippen LogP contribution in [0.2, 0.25) is 0 Å². The lowest BCUT2D eigenvalue weighted by atomic mass is 10.0. The van der Waals surface area contributed by atoms with Crippen LogP contribution in [0.5, 0.6) is 5.75 Å². The summed E-state index contributed by atoms with van der Waals surface area (Å²) in [7, 11) is 0. The van der Waals surface area contributed by atoms with Gasteiger partial charge in [-0.15, -0.1) is 0 Å². The smallest absolute Gasteiger partial charge is 0.220 e. The van der Waals surface area contributed by atoms with Crippen LogP contribution in [0, 0.1) is 5.92 Å². The highest BCUT2D eigenvalue weighted by molar-refractivity contribution is 5.90. The van der Waals surface area contributed by atoms with Crippen molar-refractivity contribution in [3.63, 3.8) is 0 Å². The average Bonchev–Trinajstić information content (AvgIpc) is 3.27. The van der Waals surface area contributed by atoms with E-state index in [0.717, 1.165) is 60.6 Å². The van der Waals surface area contributed by atoms with Gasteiger partial charge in [0.25, 0.3) is 0 Å². The second-order valence-electron chi connectivity index (χ2n) is 8.72. The van der Waals surface area contributed by atoms with Crippen molar-refractivity contribution < 1.29 is 14.3 Å². The van der Waals surface area contributed by atoms with E-state index in [1.807, 2.05) is 25.3 Å². The lowest BCUT2D eigenvalue weighted by Crippen LogP contribution is -2.35. The minimum absolute atomic E-state index is 0.0662. The van der Waals surface area contributed by atoms with Crippen molar-refractivity contribution in [2.75, 3.05) is 32.8 Å². The standard InChI is InChI=1S/C26H29N3O3/c1-18(22-15-26(30)28-16-22)32-25-14-21(13-24-23(25)3-2-8-27-24)20-6-4-19(5-7-20)17-29-9-11-31-12-10-29/h2-8,13-14,18,22H,9-12,15-17H2,1H3,(H,28,30)/t18-,22-/m1/s1. The molecule has 2 saturated heterocycles. The van der Waals surface area contributed by atoms with Crippen LogP contribution in [0.3, 0.4) is 0 Å². The van der Waals surface area contributed by atoms with E-state index >= 15 is 0 Å². The van der Waals surface area contributed by atoms with Gasteiger partial charge < -0.3 is 14.8 Å². The third kappa shape index (κ3) is 4.61. The van der Waals surface area contributed by atoms with Crippen LogP contribution in [0.1, 0.15) is 18.9 Å². The van der Waals surface area contributed by atoms with E-state index in [2.05, 4.69) is 51.6 Å². The van der Waals surface area contributed by atoms with Crippen LogP contribution in [0.15, 0.2) is 54.7 Å². The lowest BCUT2D eigenvalue weighted by molar-refractivity contribution is -0.119. The molecule has 1 amide bonds. The summed E-state index contributed by atoms with van der Waals surface area (Å²) >= 11 is 0. The van der Waals surface area contributed by atoms with E-state index in [0.29, 0.717) is 13.0 Å². The van der Waals surface area contributed by atoms with Crippen molar-refractivity contribution in [3.8, 4) is 16.9 Å². The summed E-state index contributed by atoms with van der Waals surface area (Å²) in [6.07, 6.45) is 2.26. The molecule has 0 aliphatic carbocycles. The predicted molar refractivity (Wildman–Crippen MR) is 124 cm³/mol. The third-order valence-corrected chi connectivity index (χ3v) is 6.47. The predicted octanol–water partition coefficient (Wildman–Crippen LogP) is 3.64. The molecule has 3 heterocycles. The van der Waals surface area contributed by atoms with E-state index in [1.54, 1.807) is 0 Å². The number of benzene rings is 2. The molecule has 2 atom stereocenters. The monoisotopic (exact) mass is 431 g/mol. The third-order valence-electron chi connectivity index (χ3n) is 6.47. The van der Waals surface area contributed by atoms with Gasteiger partial charge in [0.1, 0.15) is 11.9 Å². The van der Waals surface area contributed by atoms with Crippen molar-refractivity contribution in [3.05, 3.63) is 60.3 Å². The summed E-state index contributed by atoms with van der Waals surface area (Å²) in [5.41, 5.74) is 4.43. The molecule has 5 rings (SSSR count). The number of carbonyl (C=O) groups excluding carboxylic acids is 1. The molecule has 6 heteroatoms. The summed E-state index contributed by atoms with van der Waals surface area (Å²) in [6.45, 7) is 7.25. The molecule has 1 aromatic heterocycles.